The molecule has 5 aliphatic rings. The molecule has 2 aromatic heterocycles. The normalized spacial score (nSPS) is 21.5. The second kappa shape index (κ2) is 13.0. The van der Waals surface area contributed by atoms with Gasteiger partial charge in [0.2, 0.25) is 11.8 Å². The molecule has 1 aliphatic carbocycles. The predicted octanol–water partition coefficient (Wildman–Crippen LogP) is 5.28. The molecule has 0 bridgehead atoms. The molecule has 52 heavy (non-hydrogen) atoms. The number of benzene rings is 2. The minimum atomic E-state index is -0.960. The fourth-order valence-corrected chi connectivity index (χ4v) is 8.91. The van der Waals surface area contributed by atoms with Crippen LogP contribution < -0.4 is 10.2 Å². The van der Waals surface area contributed by atoms with Gasteiger partial charge in [0.1, 0.15) is 11.7 Å². The summed E-state index contributed by atoms with van der Waals surface area (Å²) < 4.78 is 2.21. The van der Waals surface area contributed by atoms with Gasteiger partial charge >= 0.3 is 0 Å². The molecule has 6 heterocycles. The summed E-state index contributed by atoms with van der Waals surface area (Å²) in [6.07, 6.45) is 12.3. The fourth-order valence-electron chi connectivity index (χ4n) is 8.91. The van der Waals surface area contributed by atoms with Crippen LogP contribution in [0.2, 0.25) is 0 Å². The summed E-state index contributed by atoms with van der Waals surface area (Å²) >= 11 is 0. The van der Waals surface area contributed by atoms with Crippen molar-refractivity contribution in [2.75, 3.05) is 31.1 Å². The van der Waals surface area contributed by atoms with Crippen LogP contribution in [0, 0.1) is 0 Å². The SMILES string of the molecule is C=C1CCc2cc(-c3cn(C4CCN(C5CCN(c6ccc7c(c6)C(=O)N(C6CCC(=O)NC6=O)C7=O)CC5)CC4)nc3-c3ccncc3)ccc21. The summed E-state index contributed by atoms with van der Waals surface area (Å²) in [6.45, 7) is 7.99. The van der Waals surface area contributed by atoms with E-state index in [0.717, 1.165) is 92.1 Å². The molecule has 264 valence electrons. The molecule has 11 heteroatoms. The van der Waals surface area contributed by atoms with E-state index in [9.17, 15) is 19.2 Å². The van der Waals surface area contributed by atoms with Crippen molar-refractivity contribution in [1.29, 1.82) is 0 Å². The quantitative estimate of drug-likeness (QED) is 0.271. The Balaban J connectivity index is 0.847. The van der Waals surface area contributed by atoms with E-state index in [4.69, 9.17) is 5.10 Å². The van der Waals surface area contributed by atoms with Crippen LogP contribution in [0.25, 0.3) is 28.0 Å². The van der Waals surface area contributed by atoms with Crippen molar-refractivity contribution in [3.63, 3.8) is 0 Å². The number of carbonyl (C=O) groups excluding carboxylic acids is 4. The Morgan fingerprint density at radius 2 is 1.42 bits per heavy atom. The van der Waals surface area contributed by atoms with Crippen LogP contribution in [0.15, 0.2) is 73.7 Å². The van der Waals surface area contributed by atoms with E-state index >= 15 is 0 Å². The molecule has 4 amide bonds. The zero-order valence-corrected chi connectivity index (χ0v) is 29.1. The second-order valence-corrected chi connectivity index (χ2v) is 14.7. The highest BCUT2D eigenvalue weighted by molar-refractivity contribution is 6.23. The third kappa shape index (κ3) is 5.63. The molecule has 11 nitrogen and oxygen atoms in total. The maximum absolute atomic E-state index is 13.4. The van der Waals surface area contributed by atoms with Gasteiger partial charge in [-0.2, -0.15) is 5.10 Å². The summed E-state index contributed by atoms with van der Waals surface area (Å²) in [5.74, 6) is -1.92. The molecule has 2 aromatic carbocycles. The third-order valence-corrected chi connectivity index (χ3v) is 11.8. The zero-order valence-electron chi connectivity index (χ0n) is 29.1. The number of aryl methyl sites for hydroxylation is 1. The van der Waals surface area contributed by atoms with Crippen LogP contribution in [-0.2, 0) is 16.0 Å². The summed E-state index contributed by atoms with van der Waals surface area (Å²) in [6, 6.07) is 16.1. The number of pyridine rings is 1. The molecule has 1 N–H and O–H groups in total. The first-order valence-corrected chi connectivity index (χ1v) is 18.5. The lowest BCUT2D eigenvalue weighted by Gasteiger charge is -2.42. The highest BCUT2D eigenvalue weighted by atomic mass is 16.2. The first-order chi connectivity index (χ1) is 25.3. The van der Waals surface area contributed by atoms with Gasteiger partial charge in [0.15, 0.2) is 0 Å². The lowest BCUT2D eigenvalue weighted by Crippen LogP contribution is -2.54. The molecule has 0 saturated carbocycles. The van der Waals surface area contributed by atoms with Crippen molar-refractivity contribution in [3.8, 4) is 22.4 Å². The summed E-state index contributed by atoms with van der Waals surface area (Å²) in [7, 11) is 0. The molecular formula is C41H41N7O4. The van der Waals surface area contributed by atoms with Gasteiger partial charge in [-0.3, -0.25) is 39.1 Å². The minimum Gasteiger partial charge on any atom is -0.371 e. The Morgan fingerprint density at radius 1 is 0.692 bits per heavy atom. The standard InChI is InChI=1S/C41H41N7O4/c1-25-2-3-27-22-28(4-6-32(25)27)35-24-47(44-38(35)26-10-16-42-17-11-26)30-14-20-45(21-15-30)29-12-18-46(19-13-29)31-5-7-33-34(23-31)41(52)48(40(33)51)36-8-9-37(49)43-39(36)50/h4-7,10-11,16-17,22-24,29-30,36H,1-3,8-9,12-15,18-21H2,(H,43,49,50). The van der Waals surface area contributed by atoms with Crippen molar-refractivity contribution < 1.29 is 19.2 Å². The van der Waals surface area contributed by atoms with Gasteiger partial charge in [0.25, 0.3) is 11.8 Å². The maximum atomic E-state index is 13.4. The van der Waals surface area contributed by atoms with Crippen LogP contribution in [0.4, 0.5) is 5.69 Å². The first kappa shape index (κ1) is 32.5. The Labute approximate surface area is 302 Å². The van der Waals surface area contributed by atoms with Crippen molar-refractivity contribution in [3.05, 3.63) is 96.0 Å². The number of anilines is 1. The average molecular weight is 696 g/mol. The monoisotopic (exact) mass is 695 g/mol. The van der Waals surface area contributed by atoms with E-state index in [0.29, 0.717) is 23.2 Å². The van der Waals surface area contributed by atoms with Gasteiger partial charge in [0.05, 0.1) is 17.2 Å². The summed E-state index contributed by atoms with van der Waals surface area (Å²) in [4.78, 5) is 60.8. The van der Waals surface area contributed by atoms with Gasteiger partial charge in [-0.05, 0) is 97.5 Å². The average Bonchev–Trinajstić information content (AvgIpc) is 3.86. The number of likely N-dealkylation sites (tertiary alicyclic amines) is 1. The molecule has 0 radical (unpaired) electrons. The molecule has 3 fully saturated rings. The number of piperidine rings is 3. The number of nitrogens with one attached hydrogen (secondary N) is 1. The first-order valence-electron chi connectivity index (χ1n) is 18.5. The molecule has 3 saturated heterocycles. The summed E-state index contributed by atoms with van der Waals surface area (Å²) in [5, 5.41) is 7.47. The van der Waals surface area contributed by atoms with E-state index in [2.05, 4.69) is 55.8 Å². The molecule has 0 spiro atoms. The van der Waals surface area contributed by atoms with Crippen LogP contribution in [0.1, 0.15) is 82.8 Å². The number of hydrogen-bond donors (Lipinski definition) is 1. The number of nitrogens with zero attached hydrogens (tertiary/aromatic N) is 6. The lowest BCUT2D eigenvalue weighted by atomic mass is 9.97. The van der Waals surface area contributed by atoms with Crippen LogP contribution in [-0.4, -0.2) is 86.5 Å². The van der Waals surface area contributed by atoms with Crippen molar-refractivity contribution in [2.24, 2.45) is 0 Å². The molecule has 1 unspecified atom stereocenters. The number of fused-ring (bicyclic) bond motifs is 2. The maximum Gasteiger partial charge on any atom is 0.262 e. The molecule has 1 atom stereocenters. The molecule has 4 aliphatic heterocycles. The highest BCUT2D eigenvalue weighted by Crippen LogP contribution is 2.39. The minimum absolute atomic E-state index is 0.103. The number of imide groups is 2. The predicted molar refractivity (Wildman–Crippen MR) is 196 cm³/mol. The Morgan fingerprint density at radius 3 is 2.19 bits per heavy atom. The van der Waals surface area contributed by atoms with Gasteiger partial charge < -0.3 is 9.80 Å². The molecular weight excluding hydrogens is 654 g/mol. The van der Waals surface area contributed by atoms with Crippen molar-refractivity contribution in [1.82, 2.24) is 29.9 Å². The van der Waals surface area contributed by atoms with Crippen LogP contribution in [0.5, 0.6) is 0 Å². The Kier molecular flexibility index (Phi) is 8.10. The second-order valence-electron chi connectivity index (χ2n) is 14.7. The largest absolute Gasteiger partial charge is 0.371 e. The van der Waals surface area contributed by atoms with Gasteiger partial charge in [-0.1, -0.05) is 24.8 Å². The highest BCUT2D eigenvalue weighted by Gasteiger charge is 2.45. The van der Waals surface area contributed by atoms with Crippen LogP contribution in [0.3, 0.4) is 0 Å². The van der Waals surface area contributed by atoms with E-state index < -0.39 is 23.8 Å². The lowest BCUT2D eigenvalue weighted by molar-refractivity contribution is -0.136. The van der Waals surface area contributed by atoms with Crippen LogP contribution >= 0.6 is 0 Å². The number of amides is 4. The molecule has 4 aromatic rings. The van der Waals surface area contributed by atoms with Crippen molar-refractivity contribution >= 4 is 34.9 Å². The molecule has 9 rings (SSSR count). The van der Waals surface area contributed by atoms with Gasteiger partial charge in [0, 0.05) is 74.0 Å². The number of allylic oxidation sites excluding steroid dienone is 1. The number of rotatable bonds is 6. The summed E-state index contributed by atoms with van der Waals surface area (Å²) in [5.41, 5.74) is 9.85. The fraction of sp³-hybridized carbons (Fsp3) is 0.366. The number of hydrogen-bond acceptors (Lipinski definition) is 8. The van der Waals surface area contributed by atoms with Gasteiger partial charge in [-0.25, -0.2) is 0 Å². The van der Waals surface area contributed by atoms with Crippen molar-refractivity contribution in [2.45, 2.75) is 69.5 Å². The number of aromatic nitrogens is 3. The third-order valence-electron chi connectivity index (χ3n) is 11.8. The number of carbonyl (C=O) groups is 4. The van der Waals surface area contributed by atoms with E-state index in [1.165, 1.54) is 22.3 Å². The topological polar surface area (TPSA) is 121 Å². The Bertz CT molecular complexity index is 2130. The van der Waals surface area contributed by atoms with E-state index in [1.54, 1.807) is 12.1 Å². The van der Waals surface area contributed by atoms with Gasteiger partial charge in [-0.15, -0.1) is 0 Å². The smallest absolute Gasteiger partial charge is 0.262 e. The van der Waals surface area contributed by atoms with E-state index in [1.807, 2.05) is 30.6 Å². The zero-order chi connectivity index (χ0) is 35.5. The van der Waals surface area contributed by atoms with E-state index in [-0.39, 0.29) is 18.7 Å². The Hall–Kier alpha value is -5.42.